The maximum absolute atomic E-state index is 14.6. The third kappa shape index (κ3) is 13.9. The number of nitrogens with zero attached hydrogens (tertiary/aromatic N) is 1. The first-order valence-corrected chi connectivity index (χ1v) is 25.1. The quantitative estimate of drug-likeness (QED) is 0.0857. The Hall–Kier alpha value is -4.02. The molecule has 1 aromatic carbocycles. The number of aliphatic hydroxyl groups excluding tert-OH is 1. The van der Waals surface area contributed by atoms with E-state index in [0.29, 0.717) is 63.4 Å². The largest absolute Gasteiger partial charge is 0.497 e. The molecule has 14 unspecified atom stereocenters. The van der Waals surface area contributed by atoms with Gasteiger partial charge in [0.1, 0.15) is 29.8 Å². The van der Waals surface area contributed by atoms with Crippen molar-refractivity contribution in [1.29, 1.82) is 0 Å². The zero-order valence-electron chi connectivity index (χ0n) is 42.8. The highest BCUT2D eigenvalue weighted by atomic mass is 16.7. The monoisotopic (exact) mass is 964 g/mol. The van der Waals surface area contributed by atoms with E-state index in [-0.39, 0.29) is 43.4 Å². The van der Waals surface area contributed by atoms with E-state index in [9.17, 15) is 34.5 Å². The van der Waals surface area contributed by atoms with E-state index in [1.165, 1.54) is 19.1 Å². The lowest BCUT2D eigenvalue weighted by molar-refractivity contribution is -0.302. The highest BCUT2D eigenvalue weighted by Crippen LogP contribution is 2.41. The molecule has 2 bridgehead atoms. The van der Waals surface area contributed by atoms with Crippen LogP contribution in [0.1, 0.15) is 124 Å². The predicted molar refractivity (Wildman–Crippen MR) is 263 cm³/mol. The number of piperidine rings is 1. The molecule has 3 heterocycles. The highest BCUT2D eigenvalue weighted by molar-refractivity contribution is 6.39. The number of carbonyl (C=O) groups is 4. The molecule has 3 fully saturated rings. The summed E-state index contributed by atoms with van der Waals surface area (Å²) in [6.45, 7) is 11.2. The molecule has 1 aromatic rings. The Morgan fingerprint density at radius 2 is 1.65 bits per heavy atom. The normalized spacial score (nSPS) is 37.2. The van der Waals surface area contributed by atoms with Crippen molar-refractivity contribution >= 4 is 29.5 Å². The van der Waals surface area contributed by atoms with Gasteiger partial charge in [0.05, 0.1) is 37.1 Å². The van der Waals surface area contributed by atoms with Crippen molar-refractivity contribution in [3.63, 3.8) is 0 Å². The first-order chi connectivity index (χ1) is 32.8. The number of aliphatic hydroxyl groups is 3. The van der Waals surface area contributed by atoms with E-state index >= 15 is 0 Å². The molecule has 14 nitrogen and oxygen atoms in total. The van der Waals surface area contributed by atoms with Gasteiger partial charge in [-0.3, -0.25) is 14.4 Å². The molecule has 14 atom stereocenters. The number of hydrogen-bond acceptors (Lipinski definition) is 13. The third-order valence-corrected chi connectivity index (χ3v) is 15.2. The number of methoxy groups -OCH3 is 4. The van der Waals surface area contributed by atoms with Gasteiger partial charge in [0, 0.05) is 52.0 Å². The van der Waals surface area contributed by atoms with Crippen LogP contribution in [0.3, 0.4) is 0 Å². The number of allylic oxidation sites excluding steroid dienone is 5. The summed E-state index contributed by atoms with van der Waals surface area (Å²) in [5, 5.41) is 35.9. The van der Waals surface area contributed by atoms with Gasteiger partial charge in [-0.1, -0.05) is 81.9 Å². The third-order valence-electron chi connectivity index (χ3n) is 15.2. The van der Waals surface area contributed by atoms with E-state index in [2.05, 4.69) is 6.92 Å². The lowest BCUT2D eigenvalue weighted by atomic mass is 9.74. The molecule has 3 N–H and O–H groups in total. The number of ether oxygens (including phenoxy) is 6. The van der Waals surface area contributed by atoms with Crippen LogP contribution in [0.2, 0.25) is 0 Å². The van der Waals surface area contributed by atoms with Gasteiger partial charge < -0.3 is 48.6 Å². The van der Waals surface area contributed by atoms with E-state index in [4.69, 9.17) is 28.4 Å². The molecule has 384 valence electrons. The van der Waals surface area contributed by atoms with Gasteiger partial charge in [-0.15, -0.1) is 0 Å². The molecular formula is C55H81NO13. The Morgan fingerprint density at radius 3 is 2.33 bits per heavy atom. The summed E-state index contributed by atoms with van der Waals surface area (Å²) in [5.74, 6) is -7.01. The Morgan fingerprint density at radius 1 is 0.928 bits per heavy atom. The smallest absolute Gasteiger partial charge is 0.329 e. The fourth-order valence-corrected chi connectivity index (χ4v) is 11.0. The van der Waals surface area contributed by atoms with Gasteiger partial charge in [0.25, 0.3) is 11.7 Å². The highest BCUT2D eigenvalue weighted by Gasteiger charge is 2.56. The van der Waals surface area contributed by atoms with Crippen molar-refractivity contribution in [2.24, 2.45) is 29.6 Å². The first-order valence-electron chi connectivity index (χ1n) is 25.1. The second kappa shape index (κ2) is 25.4. The summed E-state index contributed by atoms with van der Waals surface area (Å²) in [6.07, 6.45) is 11.7. The van der Waals surface area contributed by atoms with E-state index in [1.807, 2.05) is 81.5 Å². The number of benzene rings is 1. The predicted octanol–water partition coefficient (Wildman–Crippen LogP) is 7.51. The summed E-state index contributed by atoms with van der Waals surface area (Å²) in [5.41, 5.74) is 1.49. The SMILES string of the molecule is CCC1/C=C(\C)CC(C)CC(OC)C2OC(O)(C(=O)C(=O)N3CCCCC3C(=O)OC(C(C)=CC3CCC(O)(CC=CC=Cc4cccc(OC)c4)C(OC)C3)C(C)C(O)CC1=O)C(C)CC2OC. The molecule has 3 aliphatic heterocycles. The molecule has 0 spiro atoms. The summed E-state index contributed by atoms with van der Waals surface area (Å²) in [7, 11) is 6.28. The Balaban J connectivity index is 1.44. The summed E-state index contributed by atoms with van der Waals surface area (Å²) >= 11 is 0. The van der Waals surface area contributed by atoms with Crippen LogP contribution in [0.25, 0.3) is 6.08 Å². The molecular weight excluding hydrogens is 883 g/mol. The van der Waals surface area contributed by atoms with Gasteiger partial charge >= 0.3 is 5.97 Å². The average Bonchev–Trinajstić information content (AvgIpc) is 3.34. The minimum atomic E-state index is -2.52. The van der Waals surface area contributed by atoms with E-state index in [1.54, 1.807) is 28.1 Å². The minimum Gasteiger partial charge on any atom is -0.497 e. The van der Waals surface area contributed by atoms with Gasteiger partial charge in [0.15, 0.2) is 0 Å². The van der Waals surface area contributed by atoms with Crippen molar-refractivity contribution in [3.05, 3.63) is 71.4 Å². The van der Waals surface area contributed by atoms with Crippen molar-refractivity contribution in [2.75, 3.05) is 35.0 Å². The fourth-order valence-electron chi connectivity index (χ4n) is 11.0. The minimum absolute atomic E-state index is 0.0181. The van der Waals surface area contributed by atoms with Crippen LogP contribution in [0.4, 0.5) is 0 Å². The van der Waals surface area contributed by atoms with Crippen LogP contribution >= 0.6 is 0 Å². The van der Waals surface area contributed by atoms with E-state index in [0.717, 1.165) is 16.9 Å². The van der Waals surface area contributed by atoms with Crippen LogP contribution in [0.5, 0.6) is 5.75 Å². The maximum Gasteiger partial charge on any atom is 0.329 e. The van der Waals surface area contributed by atoms with Gasteiger partial charge in [-0.05, 0) is 120 Å². The molecule has 0 radical (unpaired) electrons. The lowest BCUT2D eigenvalue weighted by Gasteiger charge is -2.47. The first kappa shape index (κ1) is 55.9. The molecule has 14 heteroatoms. The molecule has 5 rings (SSSR count). The number of rotatable bonds is 11. The number of hydrogen-bond donors (Lipinski definition) is 3. The molecule has 1 amide bonds. The lowest BCUT2D eigenvalue weighted by Crippen LogP contribution is -2.64. The number of cyclic esters (lactones) is 1. The van der Waals surface area contributed by atoms with Crippen molar-refractivity contribution in [2.45, 2.75) is 173 Å². The molecule has 1 aliphatic carbocycles. The average molecular weight is 964 g/mol. The Labute approximate surface area is 410 Å². The van der Waals surface area contributed by atoms with Gasteiger partial charge in [-0.25, -0.2) is 4.79 Å². The van der Waals surface area contributed by atoms with E-state index < -0.39 is 89.5 Å². The molecule has 2 saturated heterocycles. The second-order valence-corrected chi connectivity index (χ2v) is 20.4. The zero-order valence-corrected chi connectivity index (χ0v) is 42.8. The van der Waals surface area contributed by atoms with Crippen LogP contribution in [-0.2, 0) is 42.9 Å². The Bertz CT molecular complexity index is 2030. The second-order valence-electron chi connectivity index (χ2n) is 20.4. The standard InChI is InChI=1S/C55H81NO13/c1-11-41-27-34(2)26-35(3)28-46(65-8)50-47(66-9)30-37(5)55(63,69-50)51(59)52(60)56-25-16-14-21-43(56)53(61)68-49(38(6)44(57)33-45(41)58)36(4)29-40-22-24-54(62,48(32-40)67-10)23-15-12-13-18-39-19-17-20-42(31-39)64-7/h12-13,15,17-20,27,29,31,35,37-38,40-41,43-44,46-50,57,62-63H,11,14,16,21-26,28,30,32-33H2,1-10H3/b15-12?,18-13?,34-27+,36-29?. The molecule has 69 heavy (non-hydrogen) atoms. The number of fused-ring (bicyclic) bond motifs is 3. The fraction of sp³-hybridized carbons (Fsp3) is 0.673. The maximum atomic E-state index is 14.6. The number of esters is 1. The van der Waals surface area contributed by atoms with Crippen LogP contribution in [-0.4, -0.2) is 133 Å². The van der Waals surface area contributed by atoms with Gasteiger partial charge in [-0.2, -0.15) is 0 Å². The number of Topliss-reactive ketones (excluding diaryl/α,β-unsaturated/α-hetero) is 2. The number of amides is 1. The van der Waals surface area contributed by atoms with Crippen molar-refractivity contribution < 1.29 is 62.9 Å². The molecule has 1 saturated carbocycles. The Kier molecular flexibility index (Phi) is 20.6. The van der Waals surface area contributed by atoms with Crippen LogP contribution in [0, 0.1) is 29.6 Å². The van der Waals surface area contributed by atoms with Crippen LogP contribution in [0.15, 0.2) is 65.8 Å². The topological polar surface area (TPSA) is 188 Å². The summed E-state index contributed by atoms with van der Waals surface area (Å²) < 4.78 is 35.7. The number of carbonyl (C=O) groups excluding carboxylic acids is 4. The number of ketones is 2. The van der Waals surface area contributed by atoms with Gasteiger partial charge in [0.2, 0.25) is 5.79 Å². The molecule has 4 aliphatic rings. The summed E-state index contributed by atoms with van der Waals surface area (Å²) in [4.78, 5) is 58.5. The van der Waals surface area contributed by atoms with Crippen molar-refractivity contribution in [3.8, 4) is 5.75 Å². The molecule has 0 aromatic heterocycles. The summed E-state index contributed by atoms with van der Waals surface area (Å²) in [6, 6.07) is 6.56. The zero-order chi connectivity index (χ0) is 50.6. The van der Waals surface area contributed by atoms with Crippen molar-refractivity contribution in [1.82, 2.24) is 4.90 Å². The van der Waals surface area contributed by atoms with Crippen LogP contribution < -0.4 is 4.74 Å².